The first-order chi connectivity index (χ1) is 32.0. The van der Waals surface area contributed by atoms with Gasteiger partial charge >= 0.3 is 11.9 Å². The van der Waals surface area contributed by atoms with Crippen LogP contribution >= 0.6 is 0 Å². The highest BCUT2D eigenvalue weighted by Crippen LogP contribution is 2.24. The highest BCUT2D eigenvalue weighted by Gasteiger charge is 2.46. The molecule has 0 spiro atoms. The number of aliphatic hydroxyl groups excluding tert-OH is 3. The van der Waals surface area contributed by atoms with Crippen LogP contribution in [0.15, 0.2) is 85.1 Å². The monoisotopic (exact) mass is 949 g/mol. The molecule has 0 bridgehead atoms. The van der Waals surface area contributed by atoms with E-state index in [-0.39, 0.29) is 19.4 Å². The lowest BCUT2D eigenvalue weighted by atomic mass is 10.00. The van der Waals surface area contributed by atoms with Crippen molar-refractivity contribution in [2.45, 2.75) is 218 Å². The zero-order valence-corrected chi connectivity index (χ0v) is 41.3. The van der Waals surface area contributed by atoms with Crippen molar-refractivity contribution >= 4 is 22.1 Å². The molecule has 0 aromatic heterocycles. The molecule has 2 unspecified atom stereocenters. The molecule has 1 aliphatic rings. The first-order valence-electron chi connectivity index (χ1n) is 25.1. The third kappa shape index (κ3) is 35.9. The number of hydrogen-bond donors (Lipinski definition) is 4. The summed E-state index contributed by atoms with van der Waals surface area (Å²) in [5, 5.41) is 30.9. The number of esters is 2. The number of ether oxygens (including phenoxy) is 4. The van der Waals surface area contributed by atoms with Crippen LogP contribution in [0.25, 0.3) is 0 Å². The summed E-state index contributed by atoms with van der Waals surface area (Å²) >= 11 is 0. The average molecular weight is 949 g/mol. The molecule has 66 heavy (non-hydrogen) atoms. The van der Waals surface area contributed by atoms with Crippen LogP contribution in [0.3, 0.4) is 0 Å². The highest BCUT2D eigenvalue weighted by molar-refractivity contribution is 7.85. The Bertz CT molecular complexity index is 1530. The molecule has 1 heterocycles. The van der Waals surface area contributed by atoms with Gasteiger partial charge in [-0.05, 0) is 89.9 Å². The van der Waals surface area contributed by atoms with Gasteiger partial charge in [-0.2, -0.15) is 8.42 Å². The van der Waals surface area contributed by atoms with Crippen LogP contribution in [0, 0.1) is 0 Å². The Morgan fingerprint density at radius 1 is 0.515 bits per heavy atom. The van der Waals surface area contributed by atoms with Crippen LogP contribution in [-0.4, -0.2) is 96.0 Å². The van der Waals surface area contributed by atoms with Gasteiger partial charge in [-0.3, -0.25) is 14.1 Å². The third-order valence-corrected chi connectivity index (χ3v) is 11.7. The zero-order chi connectivity index (χ0) is 48.4. The summed E-state index contributed by atoms with van der Waals surface area (Å²) in [5.74, 6) is -2.09. The highest BCUT2D eigenvalue weighted by atomic mass is 32.2. The molecule has 1 aliphatic heterocycles. The topological polar surface area (TPSA) is 186 Å². The van der Waals surface area contributed by atoms with Gasteiger partial charge in [-0.15, -0.1) is 0 Å². The fourth-order valence-electron chi connectivity index (χ4n) is 7.03. The molecule has 13 heteroatoms. The fourth-order valence-corrected chi connectivity index (χ4v) is 7.72. The van der Waals surface area contributed by atoms with Crippen LogP contribution in [0.1, 0.15) is 181 Å². The van der Waals surface area contributed by atoms with E-state index in [0.29, 0.717) is 19.3 Å². The van der Waals surface area contributed by atoms with Gasteiger partial charge in [0.05, 0.1) is 6.61 Å². The van der Waals surface area contributed by atoms with Gasteiger partial charge < -0.3 is 34.3 Å². The Hall–Kier alpha value is -3.17. The fraction of sp³-hybridized carbons (Fsp3) is 0.698. The summed E-state index contributed by atoms with van der Waals surface area (Å²) in [4.78, 5) is 25.5. The predicted molar refractivity (Wildman–Crippen MR) is 265 cm³/mol. The first-order valence-corrected chi connectivity index (χ1v) is 26.8. The molecule has 0 amide bonds. The number of aliphatic hydroxyl groups is 3. The average Bonchev–Trinajstić information content (AvgIpc) is 3.28. The summed E-state index contributed by atoms with van der Waals surface area (Å²) in [6.07, 6.45) is 46.3. The van der Waals surface area contributed by atoms with Crippen molar-refractivity contribution in [2.75, 3.05) is 19.0 Å². The lowest BCUT2D eigenvalue weighted by Crippen LogP contribution is -2.60. The Labute approximate surface area is 399 Å². The number of unbranched alkanes of at least 4 members (excludes halogenated alkanes) is 15. The minimum atomic E-state index is -4.62. The van der Waals surface area contributed by atoms with Crippen LogP contribution in [0.2, 0.25) is 0 Å². The SMILES string of the molecule is CCCCC/C=C/C/C=C/C/C=C/CCCCCCC(=O)OC[C@H](CO[C@H]1O[C@H](CS(=O)(=O)O)[C@@H](O)C(O)C1O)OC(=O)CCC/C=C/C/C=C/C/C=C/C/C=C/CCCCCCCCC. The van der Waals surface area contributed by atoms with Gasteiger partial charge in [0, 0.05) is 12.8 Å². The number of allylic oxidation sites excluding steroid dienone is 14. The smallest absolute Gasteiger partial charge is 0.306 e. The molecule has 12 nitrogen and oxygen atoms in total. The van der Waals surface area contributed by atoms with E-state index in [2.05, 4.69) is 86.8 Å². The van der Waals surface area contributed by atoms with Crippen molar-refractivity contribution in [2.24, 2.45) is 0 Å². The van der Waals surface area contributed by atoms with E-state index in [9.17, 15) is 37.9 Å². The Kier molecular flexibility index (Phi) is 38.7. The van der Waals surface area contributed by atoms with Crippen molar-refractivity contribution in [1.29, 1.82) is 0 Å². The molecule has 4 N–H and O–H groups in total. The predicted octanol–water partition coefficient (Wildman–Crippen LogP) is 11.2. The van der Waals surface area contributed by atoms with Crippen molar-refractivity contribution in [3.8, 4) is 0 Å². The molecule has 1 saturated heterocycles. The largest absolute Gasteiger partial charge is 0.462 e. The molecule has 6 atom stereocenters. The Morgan fingerprint density at radius 2 is 0.924 bits per heavy atom. The number of hydrogen-bond acceptors (Lipinski definition) is 11. The van der Waals surface area contributed by atoms with E-state index in [4.69, 9.17) is 18.9 Å². The molecular weight excluding hydrogens is 861 g/mol. The molecule has 1 fully saturated rings. The van der Waals surface area contributed by atoms with Gasteiger partial charge in [0.2, 0.25) is 0 Å². The Morgan fingerprint density at radius 3 is 1.42 bits per heavy atom. The second-order valence-corrected chi connectivity index (χ2v) is 18.6. The summed E-state index contributed by atoms with van der Waals surface area (Å²) < 4.78 is 54.1. The molecule has 0 radical (unpaired) electrons. The van der Waals surface area contributed by atoms with E-state index >= 15 is 0 Å². The molecule has 378 valence electrons. The lowest BCUT2D eigenvalue weighted by Gasteiger charge is -2.40. The maximum atomic E-state index is 12.8. The van der Waals surface area contributed by atoms with Gasteiger partial charge in [-0.25, -0.2) is 0 Å². The van der Waals surface area contributed by atoms with E-state index in [1.807, 2.05) is 12.2 Å². The zero-order valence-electron chi connectivity index (χ0n) is 40.5. The van der Waals surface area contributed by atoms with Gasteiger partial charge in [0.15, 0.2) is 12.4 Å². The van der Waals surface area contributed by atoms with Crippen LogP contribution in [0.5, 0.6) is 0 Å². The van der Waals surface area contributed by atoms with Gasteiger partial charge in [0.1, 0.15) is 36.8 Å². The van der Waals surface area contributed by atoms with Crippen molar-refractivity contribution in [1.82, 2.24) is 0 Å². The van der Waals surface area contributed by atoms with Gasteiger partial charge in [0.25, 0.3) is 10.1 Å². The third-order valence-electron chi connectivity index (χ3n) is 10.9. The molecule has 0 aromatic rings. The van der Waals surface area contributed by atoms with Crippen LogP contribution in [0.4, 0.5) is 0 Å². The van der Waals surface area contributed by atoms with Crippen LogP contribution in [-0.2, 0) is 38.7 Å². The van der Waals surface area contributed by atoms with Crippen LogP contribution < -0.4 is 0 Å². The van der Waals surface area contributed by atoms with E-state index < -0.39 is 71.2 Å². The molecular formula is C53H88O12S. The van der Waals surface area contributed by atoms with E-state index in [1.165, 1.54) is 64.2 Å². The lowest BCUT2D eigenvalue weighted by molar-refractivity contribution is -0.297. The van der Waals surface area contributed by atoms with E-state index in [0.717, 1.165) is 70.6 Å². The molecule has 0 saturated carbocycles. The Balaban J connectivity index is 2.47. The first kappa shape index (κ1) is 60.8. The van der Waals surface area contributed by atoms with Gasteiger partial charge in [-0.1, -0.05) is 163 Å². The second kappa shape index (κ2) is 42.0. The number of rotatable bonds is 41. The number of carbonyl (C=O) groups excluding carboxylic acids is 2. The quantitative estimate of drug-likeness (QED) is 0.0197. The minimum absolute atomic E-state index is 0.0789. The summed E-state index contributed by atoms with van der Waals surface area (Å²) in [6.45, 7) is 3.67. The molecule has 0 aromatic carbocycles. The molecule has 0 aliphatic carbocycles. The normalized spacial score (nSPS) is 20.1. The van der Waals surface area contributed by atoms with E-state index in [1.54, 1.807) is 0 Å². The second-order valence-electron chi connectivity index (χ2n) is 17.1. The maximum absolute atomic E-state index is 12.8. The summed E-state index contributed by atoms with van der Waals surface area (Å²) in [6, 6.07) is 0. The molecule has 1 rings (SSSR count). The number of carbonyl (C=O) groups is 2. The maximum Gasteiger partial charge on any atom is 0.306 e. The standard InChI is InChI=1S/C53H88O12S/c1-3-5-7-9-11-13-15-17-19-21-22-23-24-26-28-30-32-34-36-38-40-42-49(55)64-46(44-63-53-52(58)51(57)50(56)47(65-53)45-66(59,60)61)43-62-48(54)41-39-37-35-33-31-29-27-25-20-18-16-14-12-10-8-6-4-2/h12,14,18-21,23-24,27-30,34,36,46-47,50-53,56-58H,3-11,13,15-17,22,25-26,31-33,35,37-45H2,1-2H3,(H,59,60,61)/b14-12+,20-18+,21-19+,24-23+,29-27+,30-28+,36-34+/t46-,47-,50-,51?,52?,53+/m1/s1. The van der Waals surface area contributed by atoms with Crippen molar-refractivity contribution in [3.63, 3.8) is 0 Å². The summed E-state index contributed by atoms with van der Waals surface area (Å²) in [5.41, 5.74) is 0. The minimum Gasteiger partial charge on any atom is -0.462 e. The van der Waals surface area contributed by atoms with Crippen molar-refractivity contribution in [3.05, 3.63) is 85.1 Å². The van der Waals surface area contributed by atoms with Crippen molar-refractivity contribution < 1.29 is 56.8 Å². The summed E-state index contributed by atoms with van der Waals surface area (Å²) in [7, 11) is -4.62.